The van der Waals surface area contributed by atoms with Gasteiger partial charge in [-0.3, -0.25) is 4.79 Å². The number of hydrogen-bond acceptors (Lipinski definition) is 3. The largest absolute Gasteiger partial charge is 0.348 e. The van der Waals surface area contributed by atoms with E-state index in [1.165, 1.54) is 11.1 Å². The molecule has 0 fully saturated rings. The van der Waals surface area contributed by atoms with Gasteiger partial charge in [-0.2, -0.15) is 0 Å². The highest BCUT2D eigenvalue weighted by atomic mass is 16.2. The van der Waals surface area contributed by atoms with E-state index in [0.717, 1.165) is 37.3 Å². The van der Waals surface area contributed by atoms with Crippen LogP contribution in [0, 0.1) is 12.8 Å². The fraction of sp³-hybridized carbons (Fsp3) is 0.474. The molecule has 3 rings (SSSR count). The van der Waals surface area contributed by atoms with Gasteiger partial charge in [-0.05, 0) is 45.0 Å². The zero-order chi connectivity index (χ0) is 17.1. The molecule has 1 aliphatic rings. The molecule has 0 atom stereocenters. The molecular formula is C19H26N4O. The number of aromatic amines is 1. The Bertz CT molecular complexity index is 682. The average Bonchev–Trinajstić information content (AvgIpc) is 3.16. The minimum atomic E-state index is 0.0591. The zero-order valence-electron chi connectivity index (χ0n) is 14.7. The molecule has 1 heterocycles. The van der Waals surface area contributed by atoms with Crippen molar-refractivity contribution in [3.63, 3.8) is 0 Å². The highest BCUT2D eigenvalue weighted by molar-refractivity contribution is 5.80. The summed E-state index contributed by atoms with van der Waals surface area (Å²) in [6.45, 7) is 4.16. The number of carbonyl (C=O) groups excluding carboxylic acids is 1. The minimum absolute atomic E-state index is 0.0591. The van der Waals surface area contributed by atoms with Crippen LogP contribution < -0.4 is 0 Å². The third-order valence-corrected chi connectivity index (χ3v) is 4.80. The number of carbonyl (C=O) groups is 1. The van der Waals surface area contributed by atoms with Gasteiger partial charge in [0.1, 0.15) is 0 Å². The lowest BCUT2D eigenvalue weighted by atomic mass is 10.0. The molecule has 1 amide bonds. The monoisotopic (exact) mass is 326 g/mol. The van der Waals surface area contributed by atoms with Gasteiger partial charge in [-0.15, -0.1) is 0 Å². The number of nitrogens with one attached hydrogen (secondary N) is 1. The molecule has 5 heteroatoms. The number of aromatic nitrogens is 2. The minimum Gasteiger partial charge on any atom is -0.348 e. The van der Waals surface area contributed by atoms with E-state index in [1.54, 1.807) is 6.33 Å². The van der Waals surface area contributed by atoms with Gasteiger partial charge in [0.25, 0.3) is 0 Å². The highest BCUT2D eigenvalue weighted by Crippen LogP contribution is 2.28. The average molecular weight is 326 g/mol. The second-order valence-electron chi connectivity index (χ2n) is 6.91. The smallest absolute Gasteiger partial charge is 0.226 e. The van der Waals surface area contributed by atoms with E-state index in [2.05, 4.69) is 39.1 Å². The second-order valence-corrected chi connectivity index (χ2v) is 6.91. The lowest BCUT2D eigenvalue weighted by Gasteiger charge is -2.26. The van der Waals surface area contributed by atoms with E-state index in [-0.39, 0.29) is 11.8 Å². The van der Waals surface area contributed by atoms with Crippen LogP contribution in [0.5, 0.6) is 0 Å². The fourth-order valence-corrected chi connectivity index (χ4v) is 3.31. The molecule has 0 unspecified atom stereocenters. The van der Waals surface area contributed by atoms with Gasteiger partial charge in [-0.25, -0.2) is 4.98 Å². The number of amides is 1. The molecule has 0 spiro atoms. The molecule has 1 aromatic heterocycles. The van der Waals surface area contributed by atoms with Crippen molar-refractivity contribution in [3.05, 3.63) is 53.1 Å². The Morgan fingerprint density at radius 2 is 1.88 bits per heavy atom. The molecular weight excluding hydrogens is 300 g/mol. The van der Waals surface area contributed by atoms with Crippen molar-refractivity contribution < 1.29 is 4.79 Å². The quantitative estimate of drug-likeness (QED) is 0.884. The number of likely N-dealkylation sites (N-methyl/N-ethyl adjacent to an activating group) is 1. The van der Waals surface area contributed by atoms with Crippen LogP contribution in [-0.2, 0) is 24.2 Å². The number of hydrogen-bond donors (Lipinski definition) is 1. The first-order valence-electron chi connectivity index (χ1n) is 8.53. The third kappa shape index (κ3) is 3.67. The van der Waals surface area contributed by atoms with Crippen LogP contribution in [0.2, 0.25) is 0 Å². The van der Waals surface area contributed by atoms with Crippen molar-refractivity contribution in [2.75, 3.05) is 27.2 Å². The van der Waals surface area contributed by atoms with Crippen LogP contribution in [0.15, 0.2) is 30.6 Å². The first-order chi connectivity index (χ1) is 11.5. The molecule has 0 saturated heterocycles. The van der Waals surface area contributed by atoms with Crippen molar-refractivity contribution in [1.29, 1.82) is 0 Å². The van der Waals surface area contributed by atoms with Crippen molar-refractivity contribution >= 4 is 5.91 Å². The topological polar surface area (TPSA) is 52.2 Å². The van der Waals surface area contributed by atoms with Gasteiger partial charge < -0.3 is 14.8 Å². The summed E-state index contributed by atoms with van der Waals surface area (Å²) in [6, 6.07) is 8.40. The summed E-state index contributed by atoms with van der Waals surface area (Å²) >= 11 is 0. The summed E-state index contributed by atoms with van der Waals surface area (Å²) in [5.41, 5.74) is 4.63. The third-order valence-electron chi connectivity index (χ3n) is 4.80. The maximum absolute atomic E-state index is 13.1. The van der Waals surface area contributed by atoms with Crippen molar-refractivity contribution in [3.8, 4) is 0 Å². The Labute approximate surface area is 143 Å². The van der Waals surface area contributed by atoms with Crippen LogP contribution in [0.4, 0.5) is 0 Å². The molecule has 0 radical (unpaired) electrons. The zero-order valence-corrected chi connectivity index (χ0v) is 14.7. The number of benzene rings is 1. The molecule has 0 bridgehead atoms. The number of fused-ring (bicyclic) bond motifs is 1. The normalized spacial score (nSPS) is 14.2. The van der Waals surface area contributed by atoms with E-state index >= 15 is 0 Å². The Balaban J connectivity index is 1.72. The number of imidazole rings is 1. The van der Waals surface area contributed by atoms with Crippen molar-refractivity contribution in [2.24, 2.45) is 5.92 Å². The summed E-state index contributed by atoms with van der Waals surface area (Å²) in [5.74, 6) is 0.305. The van der Waals surface area contributed by atoms with Crippen LogP contribution in [-0.4, -0.2) is 52.9 Å². The summed E-state index contributed by atoms with van der Waals surface area (Å²) in [7, 11) is 4.07. The Morgan fingerprint density at radius 3 is 2.42 bits per heavy atom. The van der Waals surface area contributed by atoms with E-state index in [9.17, 15) is 4.79 Å². The van der Waals surface area contributed by atoms with E-state index < -0.39 is 0 Å². The Hall–Kier alpha value is -2.14. The van der Waals surface area contributed by atoms with Crippen molar-refractivity contribution in [1.82, 2.24) is 19.8 Å². The van der Waals surface area contributed by atoms with E-state index in [4.69, 9.17) is 0 Å². The highest BCUT2D eigenvalue weighted by Gasteiger charge is 2.30. The molecule has 128 valence electrons. The summed E-state index contributed by atoms with van der Waals surface area (Å²) in [5, 5.41) is 0. The number of aryl methyl sites for hydroxylation is 1. The predicted octanol–water partition coefficient (Wildman–Crippen LogP) is 2.02. The maximum atomic E-state index is 13.1. The number of rotatable bonds is 6. The number of nitrogens with zero attached hydrogens (tertiary/aromatic N) is 3. The van der Waals surface area contributed by atoms with Crippen molar-refractivity contribution in [2.45, 2.75) is 26.3 Å². The molecule has 1 aliphatic carbocycles. The van der Waals surface area contributed by atoms with Gasteiger partial charge in [0.05, 0.1) is 18.6 Å². The standard InChI is InChI=1S/C19H26N4O/c1-14-18(21-13-20-14)12-23(9-8-22(2)3)19(24)17-10-15-6-4-5-7-16(15)11-17/h4-7,13,17H,8-12H2,1-3H3,(H,20,21). The number of H-pyrrole nitrogens is 1. The van der Waals surface area contributed by atoms with E-state index in [0.29, 0.717) is 6.54 Å². The maximum Gasteiger partial charge on any atom is 0.226 e. The molecule has 0 saturated carbocycles. The first kappa shape index (κ1) is 16.7. The molecule has 0 aliphatic heterocycles. The molecule has 24 heavy (non-hydrogen) atoms. The molecule has 1 aromatic carbocycles. The van der Waals surface area contributed by atoms with Crippen LogP contribution in [0.25, 0.3) is 0 Å². The van der Waals surface area contributed by atoms with Gasteiger partial charge in [-0.1, -0.05) is 24.3 Å². The summed E-state index contributed by atoms with van der Waals surface area (Å²) in [6.07, 6.45) is 3.41. The lowest BCUT2D eigenvalue weighted by Crippen LogP contribution is -2.40. The van der Waals surface area contributed by atoms with Gasteiger partial charge in [0, 0.05) is 24.7 Å². The summed E-state index contributed by atoms with van der Waals surface area (Å²) in [4.78, 5) is 24.7. The SMILES string of the molecule is Cc1[nH]cnc1CN(CCN(C)C)C(=O)C1Cc2ccccc2C1. The van der Waals surface area contributed by atoms with Gasteiger partial charge >= 0.3 is 0 Å². The first-order valence-corrected chi connectivity index (χ1v) is 8.53. The van der Waals surface area contributed by atoms with Crippen LogP contribution in [0.1, 0.15) is 22.5 Å². The second kappa shape index (κ2) is 7.18. The van der Waals surface area contributed by atoms with Gasteiger partial charge in [0.15, 0.2) is 0 Å². The Morgan fingerprint density at radius 1 is 1.21 bits per heavy atom. The lowest BCUT2D eigenvalue weighted by molar-refractivity contribution is -0.136. The molecule has 5 nitrogen and oxygen atoms in total. The van der Waals surface area contributed by atoms with E-state index in [1.807, 2.05) is 25.9 Å². The van der Waals surface area contributed by atoms with Gasteiger partial charge in [0.2, 0.25) is 5.91 Å². The summed E-state index contributed by atoms with van der Waals surface area (Å²) < 4.78 is 0. The molecule has 2 aromatic rings. The predicted molar refractivity (Wildman–Crippen MR) is 94.6 cm³/mol. The van der Waals surface area contributed by atoms with Crippen LogP contribution in [0.3, 0.4) is 0 Å². The molecule has 1 N–H and O–H groups in total. The Kier molecular flexibility index (Phi) is 5.00. The fourth-order valence-electron chi connectivity index (χ4n) is 3.31. The van der Waals surface area contributed by atoms with Crippen LogP contribution >= 0.6 is 0 Å².